The third-order valence-corrected chi connectivity index (χ3v) is 8.23. The van der Waals surface area contributed by atoms with Crippen molar-refractivity contribution in [3.8, 4) is 10.4 Å². The number of amides is 2. The van der Waals surface area contributed by atoms with Gasteiger partial charge in [0.1, 0.15) is 11.1 Å². The van der Waals surface area contributed by atoms with Crippen LogP contribution in [0, 0.1) is 0 Å². The zero-order valence-corrected chi connectivity index (χ0v) is 25.0. The highest BCUT2D eigenvalue weighted by molar-refractivity contribution is 7.89. The van der Waals surface area contributed by atoms with Crippen molar-refractivity contribution < 1.29 is 32.2 Å². The van der Waals surface area contributed by atoms with Crippen molar-refractivity contribution in [1.82, 2.24) is 15.0 Å². The molecule has 2 atom stereocenters. The number of benzene rings is 1. The minimum absolute atomic E-state index is 0.00691. The lowest BCUT2D eigenvalue weighted by Crippen LogP contribution is -2.42. The fourth-order valence-electron chi connectivity index (χ4n) is 3.88. The zero-order valence-electron chi connectivity index (χ0n) is 23.4. The number of ether oxygens (including phenoxy) is 3. The molecule has 2 aromatic rings. The summed E-state index contributed by atoms with van der Waals surface area (Å²) in [6.45, 7) is 12.6. The van der Waals surface area contributed by atoms with Crippen LogP contribution in [0.5, 0.6) is 0 Å². The van der Waals surface area contributed by atoms with Crippen molar-refractivity contribution in [1.29, 1.82) is 0 Å². The summed E-state index contributed by atoms with van der Waals surface area (Å²) in [4.78, 5) is 29.2. The molecular weight excluding hydrogens is 544 g/mol. The highest BCUT2D eigenvalue weighted by Crippen LogP contribution is 2.38. The number of sulfonamides is 1. The van der Waals surface area contributed by atoms with E-state index in [-0.39, 0.29) is 34.9 Å². The van der Waals surface area contributed by atoms with Crippen LogP contribution in [0.25, 0.3) is 10.4 Å². The third kappa shape index (κ3) is 9.16. The highest BCUT2D eigenvalue weighted by atomic mass is 32.2. The molecule has 39 heavy (non-hydrogen) atoms. The van der Waals surface area contributed by atoms with Crippen LogP contribution in [-0.2, 0) is 24.2 Å². The molecule has 0 bridgehead atoms. The minimum atomic E-state index is -3.97. The molecule has 13 heteroatoms. The lowest BCUT2D eigenvalue weighted by atomic mass is 10.1. The zero-order chi connectivity index (χ0) is 29.0. The fraction of sp³-hybridized carbons (Fsp3) is 0.577. The Morgan fingerprint density at radius 1 is 1.08 bits per heavy atom. The summed E-state index contributed by atoms with van der Waals surface area (Å²) < 4.78 is 45.7. The molecule has 1 aliphatic rings. The van der Waals surface area contributed by atoms with Crippen LogP contribution in [-0.4, -0.2) is 56.0 Å². The van der Waals surface area contributed by atoms with Gasteiger partial charge in [-0.2, -0.15) is 0 Å². The molecule has 216 valence electrons. The Bertz CT molecular complexity index is 1260. The second-order valence-electron chi connectivity index (χ2n) is 10.9. The number of anilines is 1. The summed E-state index contributed by atoms with van der Waals surface area (Å²) in [5, 5.41) is 6.11. The second kappa shape index (κ2) is 12.6. The van der Waals surface area contributed by atoms with Crippen LogP contribution in [0.15, 0.2) is 29.3 Å². The smallest absolute Gasteiger partial charge is 0.411 e. The molecule has 1 aliphatic heterocycles. The Morgan fingerprint density at radius 3 is 2.33 bits per heavy atom. The average Bonchev–Trinajstić information content (AvgIpc) is 3.27. The predicted molar refractivity (Wildman–Crippen MR) is 149 cm³/mol. The van der Waals surface area contributed by atoms with Crippen molar-refractivity contribution in [2.45, 2.75) is 96.1 Å². The van der Waals surface area contributed by atoms with Crippen molar-refractivity contribution >= 4 is 39.2 Å². The van der Waals surface area contributed by atoms with Gasteiger partial charge in [-0.3, -0.25) is 5.32 Å². The number of hydrogen-bond acceptors (Lipinski definition) is 9. The molecule has 1 fully saturated rings. The van der Waals surface area contributed by atoms with Gasteiger partial charge in [0.05, 0.1) is 34.6 Å². The molecular formula is C26H38N4O7S2. The van der Waals surface area contributed by atoms with Gasteiger partial charge in [0, 0.05) is 23.0 Å². The van der Waals surface area contributed by atoms with Crippen molar-refractivity contribution in [3.63, 3.8) is 0 Å². The molecule has 1 aromatic heterocycles. The summed E-state index contributed by atoms with van der Waals surface area (Å²) >= 11 is 1.34. The first-order valence-corrected chi connectivity index (χ1v) is 15.1. The number of carbonyl (C=O) groups excluding carboxylic acids is 2. The van der Waals surface area contributed by atoms with E-state index < -0.39 is 27.7 Å². The summed E-state index contributed by atoms with van der Waals surface area (Å²) in [6, 6.07) is 4.51. The third-order valence-electron chi connectivity index (χ3n) is 5.31. The Labute approximate surface area is 234 Å². The number of nitrogens with zero attached hydrogens (tertiary/aromatic N) is 1. The van der Waals surface area contributed by atoms with Crippen LogP contribution in [0.3, 0.4) is 0 Å². The van der Waals surface area contributed by atoms with Gasteiger partial charge in [-0.1, -0.05) is 6.07 Å². The maximum Gasteiger partial charge on any atom is 0.411 e. The van der Waals surface area contributed by atoms with E-state index in [4.69, 9.17) is 14.2 Å². The first kappa shape index (κ1) is 30.8. The van der Waals surface area contributed by atoms with E-state index in [0.29, 0.717) is 34.9 Å². The normalized spacial score (nSPS) is 18.2. The number of carbonyl (C=O) groups is 2. The van der Waals surface area contributed by atoms with Crippen LogP contribution in [0.4, 0.5) is 15.3 Å². The average molecular weight is 583 g/mol. The van der Waals surface area contributed by atoms with E-state index in [1.807, 2.05) is 0 Å². The van der Waals surface area contributed by atoms with E-state index in [9.17, 15) is 18.0 Å². The summed E-state index contributed by atoms with van der Waals surface area (Å²) in [7, 11) is -3.97. The number of alkyl carbamates (subject to hydrolysis) is 1. The molecule has 1 saturated heterocycles. The van der Waals surface area contributed by atoms with Crippen LogP contribution in [0.1, 0.15) is 72.4 Å². The summed E-state index contributed by atoms with van der Waals surface area (Å²) in [5.41, 5.74) is 0.00972. The molecule has 11 nitrogen and oxygen atoms in total. The molecule has 0 aliphatic carbocycles. The van der Waals surface area contributed by atoms with Crippen LogP contribution in [0.2, 0.25) is 0 Å². The predicted octanol–water partition coefficient (Wildman–Crippen LogP) is 5.20. The summed E-state index contributed by atoms with van der Waals surface area (Å²) in [6.07, 6.45) is 0.994. The number of hydrogen-bond donors (Lipinski definition) is 3. The van der Waals surface area contributed by atoms with Crippen LogP contribution < -0.4 is 15.4 Å². The van der Waals surface area contributed by atoms with E-state index >= 15 is 0 Å². The second-order valence-corrected chi connectivity index (χ2v) is 13.6. The van der Waals surface area contributed by atoms with E-state index in [0.717, 1.165) is 0 Å². The Hall–Kier alpha value is -2.74. The lowest BCUT2D eigenvalue weighted by Gasteiger charge is -2.28. The largest absolute Gasteiger partial charge is 0.447 e. The number of thiazole rings is 1. The van der Waals surface area contributed by atoms with E-state index in [1.165, 1.54) is 17.4 Å². The van der Waals surface area contributed by atoms with Gasteiger partial charge in [0.15, 0.2) is 0 Å². The molecule has 3 N–H and O–H groups in total. The molecule has 3 rings (SSSR count). The molecule has 1 unspecified atom stereocenters. The monoisotopic (exact) mass is 582 g/mol. The van der Waals surface area contributed by atoms with Crippen molar-refractivity contribution in [3.05, 3.63) is 29.4 Å². The first-order valence-electron chi connectivity index (χ1n) is 12.8. The van der Waals surface area contributed by atoms with Crippen molar-refractivity contribution in [2.75, 3.05) is 11.9 Å². The van der Waals surface area contributed by atoms with Crippen molar-refractivity contribution in [2.24, 2.45) is 0 Å². The van der Waals surface area contributed by atoms with Gasteiger partial charge in [0.25, 0.3) is 0 Å². The van der Waals surface area contributed by atoms with Crippen LogP contribution >= 0.6 is 11.3 Å². The van der Waals surface area contributed by atoms with Gasteiger partial charge in [-0.15, -0.1) is 11.3 Å². The summed E-state index contributed by atoms with van der Waals surface area (Å²) in [5.74, 6) is 0. The quantitative estimate of drug-likeness (QED) is 0.385. The lowest BCUT2D eigenvalue weighted by molar-refractivity contribution is -0.00533. The van der Waals surface area contributed by atoms with Gasteiger partial charge in [-0.25, -0.2) is 27.7 Å². The molecule has 0 radical (unpaired) electrons. The van der Waals surface area contributed by atoms with Gasteiger partial charge < -0.3 is 19.5 Å². The van der Waals surface area contributed by atoms with Gasteiger partial charge in [0.2, 0.25) is 10.0 Å². The maximum atomic E-state index is 13.4. The molecule has 0 spiro atoms. The molecule has 2 amide bonds. The number of nitrogens with one attached hydrogen (secondary N) is 3. The van der Waals surface area contributed by atoms with E-state index in [2.05, 4.69) is 20.3 Å². The number of aromatic nitrogens is 1. The highest BCUT2D eigenvalue weighted by Gasteiger charge is 2.29. The minimum Gasteiger partial charge on any atom is -0.447 e. The Kier molecular flexibility index (Phi) is 9.97. The first-order chi connectivity index (χ1) is 18.1. The SMILES string of the molecule is CC(C)OC(=O)Nc1ccc(-c2cnc(C3CC[C@H](NC(=O)OC(C)C)CO3)s2)c(S(=O)(=O)NC(C)(C)C)c1. The Balaban J connectivity index is 1.82. The molecule has 1 aromatic carbocycles. The molecule has 2 heterocycles. The van der Waals surface area contributed by atoms with Gasteiger partial charge in [-0.05, 0) is 73.4 Å². The topological polar surface area (TPSA) is 145 Å². The fourth-order valence-corrected chi connectivity index (χ4v) is 6.65. The standard InChI is InChI=1S/C26H38N4O7S2/c1-15(2)36-24(31)28-17-8-10-19(22(12-17)39(33,34)30-26(5,6)7)21-13-27-23(38-21)20-11-9-18(14-35-20)29-25(32)37-16(3)4/h8,10,12-13,15-16,18,20,30H,9,11,14H2,1-7H3,(H,28,31)(H,29,32)/t18-,20?/m0/s1. The maximum absolute atomic E-state index is 13.4. The number of rotatable bonds is 8. The molecule has 0 saturated carbocycles. The van der Waals surface area contributed by atoms with Gasteiger partial charge >= 0.3 is 12.2 Å². The van der Waals surface area contributed by atoms with E-state index in [1.54, 1.807) is 66.8 Å². The Morgan fingerprint density at radius 2 is 1.74 bits per heavy atom.